The van der Waals surface area contributed by atoms with Crippen molar-refractivity contribution in [2.75, 3.05) is 27.4 Å². The summed E-state index contributed by atoms with van der Waals surface area (Å²) in [7, 11) is 3.22. The second kappa shape index (κ2) is 6.59. The van der Waals surface area contributed by atoms with E-state index in [1.807, 2.05) is 18.2 Å². The molecule has 26 heavy (non-hydrogen) atoms. The van der Waals surface area contributed by atoms with Gasteiger partial charge < -0.3 is 19.1 Å². The van der Waals surface area contributed by atoms with Gasteiger partial charge in [0.25, 0.3) is 5.91 Å². The van der Waals surface area contributed by atoms with E-state index in [2.05, 4.69) is 4.98 Å². The van der Waals surface area contributed by atoms with E-state index in [1.54, 1.807) is 48.0 Å². The molecule has 0 spiro atoms. The number of carbonyl (C=O) groups is 1. The number of nitrogens with zero attached hydrogens (tertiary/aromatic N) is 3. The van der Waals surface area contributed by atoms with E-state index in [-0.39, 0.29) is 5.91 Å². The molecule has 7 heteroatoms. The lowest BCUT2D eigenvalue weighted by molar-refractivity contribution is 0.0726. The molecule has 7 nitrogen and oxygen atoms in total. The summed E-state index contributed by atoms with van der Waals surface area (Å²) in [4.78, 5) is 19.2. The number of amides is 1. The van der Waals surface area contributed by atoms with Crippen molar-refractivity contribution in [1.82, 2.24) is 14.3 Å². The van der Waals surface area contributed by atoms with Gasteiger partial charge in [-0.1, -0.05) is 0 Å². The summed E-state index contributed by atoms with van der Waals surface area (Å²) < 4.78 is 18.0. The average molecular weight is 353 g/mol. The molecule has 1 aliphatic rings. The second-order valence-corrected chi connectivity index (χ2v) is 5.99. The van der Waals surface area contributed by atoms with Crippen molar-refractivity contribution >= 4 is 11.6 Å². The van der Waals surface area contributed by atoms with Crippen molar-refractivity contribution in [2.45, 2.75) is 6.54 Å². The van der Waals surface area contributed by atoms with Crippen molar-refractivity contribution in [2.24, 2.45) is 0 Å². The van der Waals surface area contributed by atoms with Gasteiger partial charge in [-0.25, -0.2) is 4.98 Å². The third-order valence-corrected chi connectivity index (χ3v) is 4.47. The molecule has 0 radical (unpaired) electrons. The van der Waals surface area contributed by atoms with Gasteiger partial charge >= 0.3 is 0 Å². The molecular weight excluding hydrogens is 334 g/mol. The lowest BCUT2D eigenvalue weighted by Gasteiger charge is -2.19. The first kappa shape index (κ1) is 16.3. The minimum atomic E-state index is -0.0954. The third-order valence-electron chi connectivity index (χ3n) is 4.47. The average Bonchev–Trinajstić information content (AvgIpc) is 2.98. The quantitative estimate of drug-likeness (QED) is 0.723. The molecular formula is C19H19N3O4. The van der Waals surface area contributed by atoms with Crippen LogP contribution in [0.1, 0.15) is 16.1 Å². The molecule has 1 amide bonds. The predicted molar refractivity (Wildman–Crippen MR) is 95.0 cm³/mol. The summed E-state index contributed by atoms with van der Waals surface area (Å²) >= 11 is 0. The Hall–Kier alpha value is -3.22. The molecule has 0 N–H and O–H groups in total. The van der Waals surface area contributed by atoms with E-state index in [0.29, 0.717) is 36.8 Å². The largest absolute Gasteiger partial charge is 0.497 e. The summed E-state index contributed by atoms with van der Waals surface area (Å²) in [5.41, 5.74) is 2.10. The Morgan fingerprint density at radius 3 is 2.77 bits per heavy atom. The van der Waals surface area contributed by atoms with Gasteiger partial charge in [0.2, 0.25) is 0 Å². The molecule has 0 unspecified atom stereocenters. The van der Waals surface area contributed by atoms with Crippen LogP contribution in [0.2, 0.25) is 0 Å². The zero-order chi connectivity index (χ0) is 18.1. The number of methoxy groups -OCH3 is 2. The zero-order valence-corrected chi connectivity index (χ0v) is 14.6. The van der Waals surface area contributed by atoms with Crippen LogP contribution in [-0.4, -0.2) is 47.6 Å². The van der Waals surface area contributed by atoms with Crippen LogP contribution in [0.5, 0.6) is 17.2 Å². The van der Waals surface area contributed by atoms with E-state index < -0.39 is 0 Å². The number of hydrogen-bond donors (Lipinski definition) is 0. The first-order valence-electron chi connectivity index (χ1n) is 8.29. The molecule has 3 heterocycles. The number of imidazole rings is 1. The Bertz CT molecular complexity index is 967. The highest BCUT2D eigenvalue weighted by atomic mass is 16.5. The smallest absolute Gasteiger partial charge is 0.272 e. The van der Waals surface area contributed by atoms with E-state index in [0.717, 1.165) is 17.1 Å². The molecule has 4 rings (SSSR count). The van der Waals surface area contributed by atoms with E-state index in [1.165, 1.54) is 0 Å². The maximum absolute atomic E-state index is 13.1. The molecule has 0 saturated carbocycles. The highest BCUT2D eigenvalue weighted by Crippen LogP contribution is 2.28. The Labute approximate surface area is 150 Å². The van der Waals surface area contributed by atoms with Gasteiger partial charge in [0.05, 0.1) is 27.0 Å². The molecule has 0 atom stereocenters. The molecule has 3 aromatic rings. The number of rotatable bonds is 3. The fraction of sp³-hybridized carbons (Fsp3) is 0.263. The fourth-order valence-electron chi connectivity index (χ4n) is 3.08. The van der Waals surface area contributed by atoms with Crippen LogP contribution in [0.4, 0.5) is 0 Å². The minimum Gasteiger partial charge on any atom is -0.497 e. The molecule has 0 fully saturated rings. The number of pyridine rings is 1. The molecule has 0 bridgehead atoms. The van der Waals surface area contributed by atoms with Crippen LogP contribution in [0, 0.1) is 0 Å². The topological polar surface area (TPSA) is 65.3 Å². The lowest BCUT2D eigenvalue weighted by Crippen LogP contribution is -2.33. The van der Waals surface area contributed by atoms with Crippen molar-refractivity contribution in [3.8, 4) is 17.2 Å². The van der Waals surface area contributed by atoms with E-state index >= 15 is 0 Å². The zero-order valence-electron chi connectivity index (χ0n) is 14.6. The van der Waals surface area contributed by atoms with Gasteiger partial charge in [0, 0.05) is 24.4 Å². The van der Waals surface area contributed by atoms with Crippen molar-refractivity contribution in [3.05, 3.63) is 54.0 Å². The first-order valence-corrected chi connectivity index (χ1v) is 8.29. The van der Waals surface area contributed by atoms with Crippen LogP contribution in [0.25, 0.3) is 5.65 Å². The molecule has 1 aliphatic heterocycles. The summed E-state index contributed by atoms with van der Waals surface area (Å²) in [6, 6.07) is 9.23. The van der Waals surface area contributed by atoms with Crippen molar-refractivity contribution < 1.29 is 19.0 Å². The summed E-state index contributed by atoms with van der Waals surface area (Å²) in [5, 5.41) is 0. The SMILES string of the molecule is COc1ccc2c(c1)CN(C(=O)c1cnc3cc(OC)ccn13)CCO2. The highest BCUT2D eigenvalue weighted by Gasteiger charge is 2.24. The number of carbonyl (C=O) groups excluding carboxylic acids is 1. The normalized spacial score (nSPS) is 13.7. The predicted octanol–water partition coefficient (Wildman–Crippen LogP) is 2.39. The third kappa shape index (κ3) is 2.81. The highest BCUT2D eigenvalue weighted by molar-refractivity contribution is 5.93. The standard InChI is InChI=1S/C19H19N3O4/c1-24-14-3-4-17-13(9-14)12-21(7-8-26-17)19(23)16-11-20-18-10-15(25-2)5-6-22(16)18/h3-6,9-11H,7-8,12H2,1-2H3. The van der Waals surface area contributed by atoms with Crippen LogP contribution in [0.3, 0.4) is 0 Å². The minimum absolute atomic E-state index is 0.0954. The number of benzene rings is 1. The molecule has 0 aliphatic carbocycles. The number of hydrogen-bond acceptors (Lipinski definition) is 5. The van der Waals surface area contributed by atoms with E-state index in [4.69, 9.17) is 14.2 Å². The number of fused-ring (bicyclic) bond motifs is 2. The Balaban J connectivity index is 1.65. The van der Waals surface area contributed by atoms with Crippen LogP contribution >= 0.6 is 0 Å². The summed E-state index contributed by atoms with van der Waals surface area (Å²) in [6.45, 7) is 1.39. The Morgan fingerprint density at radius 1 is 1.15 bits per heavy atom. The van der Waals surface area contributed by atoms with Crippen LogP contribution in [-0.2, 0) is 6.54 Å². The molecule has 1 aromatic carbocycles. The summed E-state index contributed by atoms with van der Waals surface area (Å²) in [6.07, 6.45) is 3.38. The number of aromatic nitrogens is 2. The summed E-state index contributed by atoms with van der Waals surface area (Å²) in [5.74, 6) is 2.13. The fourth-order valence-corrected chi connectivity index (χ4v) is 3.08. The van der Waals surface area contributed by atoms with Gasteiger partial charge in [-0.05, 0) is 24.3 Å². The Morgan fingerprint density at radius 2 is 1.96 bits per heavy atom. The van der Waals surface area contributed by atoms with Gasteiger partial charge in [-0.15, -0.1) is 0 Å². The van der Waals surface area contributed by atoms with Gasteiger partial charge in [0.1, 0.15) is 35.2 Å². The van der Waals surface area contributed by atoms with Gasteiger partial charge in [0.15, 0.2) is 0 Å². The number of ether oxygens (including phenoxy) is 3. The van der Waals surface area contributed by atoms with Gasteiger partial charge in [-0.3, -0.25) is 9.20 Å². The monoisotopic (exact) mass is 353 g/mol. The van der Waals surface area contributed by atoms with E-state index in [9.17, 15) is 4.79 Å². The van der Waals surface area contributed by atoms with Crippen molar-refractivity contribution in [1.29, 1.82) is 0 Å². The van der Waals surface area contributed by atoms with Crippen LogP contribution in [0.15, 0.2) is 42.7 Å². The second-order valence-electron chi connectivity index (χ2n) is 5.99. The Kier molecular flexibility index (Phi) is 4.12. The van der Waals surface area contributed by atoms with Gasteiger partial charge in [-0.2, -0.15) is 0 Å². The van der Waals surface area contributed by atoms with Crippen LogP contribution < -0.4 is 14.2 Å². The lowest BCUT2D eigenvalue weighted by atomic mass is 10.1. The maximum atomic E-state index is 13.1. The van der Waals surface area contributed by atoms with Crippen molar-refractivity contribution in [3.63, 3.8) is 0 Å². The maximum Gasteiger partial charge on any atom is 0.272 e. The molecule has 0 saturated heterocycles. The molecule has 2 aromatic heterocycles. The molecule has 134 valence electrons. The first-order chi connectivity index (χ1) is 12.7.